The Bertz CT molecular complexity index is 780. The Kier molecular flexibility index (Phi) is 6.24. The fraction of sp³-hybridized carbons (Fsp3) is 0.438. The number of carbonyl (C=O) groups is 3. The molecule has 28 heavy (non-hydrogen) atoms. The standard InChI is InChI=1S/C16H18N2O9S/c19-12-5-6-13(20)17(12)8-9-1-3-10(4-2-9)16(23)25-18-14(21)7-11(15(18)22)28-27-26-24/h5-7,9-10,21-22,24H,1-4,8H2. The highest BCUT2D eigenvalue weighted by atomic mass is 32.2. The third-order valence-corrected chi connectivity index (χ3v) is 5.35. The van der Waals surface area contributed by atoms with Gasteiger partial charge in [-0.2, -0.15) is 0 Å². The van der Waals surface area contributed by atoms with Gasteiger partial charge < -0.3 is 15.1 Å². The first-order valence-corrected chi connectivity index (χ1v) is 9.19. The van der Waals surface area contributed by atoms with Crippen LogP contribution in [-0.2, 0) is 23.8 Å². The van der Waals surface area contributed by atoms with Gasteiger partial charge in [0.1, 0.15) is 4.90 Å². The molecule has 1 aromatic heterocycles. The molecular weight excluding hydrogens is 396 g/mol. The zero-order valence-electron chi connectivity index (χ0n) is 14.5. The number of nitrogens with zero attached hydrogens (tertiary/aromatic N) is 2. The molecule has 1 aliphatic carbocycles. The highest BCUT2D eigenvalue weighted by Crippen LogP contribution is 2.36. The molecule has 0 atom stereocenters. The SMILES string of the molecule is O=C(On1c(O)cc(SOOO)c1O)C1CCC(CN2C(=O)C=CC2=O)CC1. The molecule has 1 saturated carbocycles. The molecule has 1 aliphatic heterocycles. The predicted molar refractivity (Wildman–Crippen MR) is 91.3 cm³/mol. The Morgan fingerprint density at radius 1 is 1.14 bits per heavy atom. The molecule has 0 saturated heterocycles. The monoisotopic (exact) mass is 414 g/mol. The smallest absolute Gasteiger partial charge is 0.336 e. The number of aromatic nitrogens is 1. The third-order valence-electron chi connectivity index (χ3n) is 4.74. The average molecular weight is 414 g/mol. The van der Waals surface area contributed by atoms with Crippen molar-refractivity contribution in [1.29, 1.82) is 0 Å². The number of aromatic hydroxyl groups is 2. The summed E-state index contributed by atoms with van der Waals surface area (Å²) in [4.78, 5) is 41.8. The van der Waals surface area contributed by atoms with Gasteiger partial charge in [0.15, 0.2) is 0 Å². The zero-order valence-corrected chi connectivity index (χ0v) is 15.3. The number of imide groups is 1. The summed E-state index contributed by atoms with van der Waals surface area (Å²) in [7, 11) is 0. The molecule has 2 aliphatic rings. The molecule has 2 amide bonds. The molecule has 0 aromatic carbocycles. The van der Waals surface area contributed by atoms with Crippen molar-refractivity contribution >= 4 is 29.8 Å². The van der Waals surface area contributed by atoms with Crippen molar-refractivity contribution in [2.75, 3.05) is 6.54 Å². The molecule has 3 rings (SSSR count). The lowest BCUT2D eigenvalue weighted by Gasteiger charge is -2.29. The van der Waals surface area contributed by atoms with Gasteiger partial charge in [-0.15, -0.1) is 9.06 Å². The summed E-state index contributed by atoms with van der Waals surface area (Å²) < 4.78 is 4.71. The minimum absolute atomic E-state index is 0.0448. The molecule has 0 unspecified atom stereocenters. The van der Waals surface area contributed by atoms with E-state index in [1.165, 1.54) is 17.1 Å². The second kappa shape index (κ2) is 8.65. The lowest BCUT2D eigenvalue weighted by atomic mass is 9.82. The number of hydrogen-bond acceptors (Lipinski definition) is 10. The van der Waals surface area contributed by atoms with E-state index >= 15 is 0 Å². The minimum Gasteiger partial charge on any atom is -0.492 e. The van der Waals surface area contributed by atoms with Crippen molar-refractivity contribution < 1.29 is 44.1 Å². The van der Waals surface area contributed by atoms with Crippen LogP contribution in [0.3, 0.4) is 0 Å². The van der Waals surface area contributed by atoms with E-state index in [4.69, 9.17) is 10.1 Å². The normalized spacial score (nSPS) is 22.1. The zero-order chi connectivity index (χ0) is 20.3. The molecule has 3 N–H and O–H groups in total. The first-order valence-electron chi connectivity index (χ1n) is 8.44. The molecule has 152 valence electrons. The van der Waals surface area contributed by atoms with Crippen molar-refractivity contribution in [1.82, 2.24) is 9.63 Å². The van der Waals surface area contributed by atoms with Crippen LogP contribution in [0.1, 0.15) is 25.7 Å². The highest BCUT2D eigenvalue weighted by molar-refractivity contribution is 7.94. The van der Waals surface area contributed by atoms with Crippen LogP contribution in [0.25, 0.3) is 0 Å². The van der Waals surface area contributed by atoms with Crippen LogP contribution >= 0.6 is 12.0 Å². The van der Waals surface area contributed by atoms with E-state index in [-0.39, 0.29) is 22.6 Å². The molecule has 1 aromatic rings. The molecule has 11 nitrogen and oxygen atoms in total. The Balaban J connectivity index is 1.52. The van der Waals surface area contributed by atoms with E-state index in [2.05, 4.69) is 9.37 Å². The number of hydrogen-bond donors (Lipinski definition) is 3. The molecule has 0 bridgehead atoms. The first-order chi connectivity index (χ1) is 13.4. The lowest BCUT2D eigenvalue weighted by molar-refractivity contribution is -0.432. The quantitative estimate of drug-likeness (QED) is 0.255. The van der Waals surface area contributed by atoms with Gasteiger partial charge in [0.25, 0.3) is 11.8 Å². The summed E-state index contributed by atoms with van der Waals surface area (Å²) in [5.74, 6) is -2.77. The van der Waals surface area contributed by atoms with Crippen molar-refractivity contribution in [3.63, 3.8) is 0 Å². The van der Waals surface area contributed by atoms with Crippen LogP contribution in [0.4, 0.5) is 0 Å². The summed E-state index contributed by atoms with van der Waals surface area (Å²) >= 11 is 0.401. The second-order valence-corrected chi connectivity index (χ2v) is 7.20. The highest BCUT2D eigenvalue weighted by Gasteiger charge is 2.33. The second-order valence-electron chi connectivity index (χ2n) is 6.46. The fourth-order valence-electron chi connectivity index (χ4n) is 3.27. The Hall–Kier alpha value is -2.54. The summed E-state index contributed by atoms with van der Waals surface area (Å²) in [5.41, 5.74) is 0. The van der Waals surface area contributed by atoms with E-state index in [1.807, 2.05) is 0 Å². The van der Waals surface area contributed by atoms with Crippen LogP contribution < -0.4 is 4.84 Å². The molecule has 2 heterocycles. The molecule has 0 spiro atoms. The van der Waals surface area contributed by atoms with Gasteiger partial charge in [-0.25, -0.2) is 10.1 Å². The Morgan fingerprint density at radius 2 is 1.79 bits per heavy atom. The largest absolute Gasteiger partial charge is 0.492 e. The maximum Gasteiger partial charge on any atom is 0.336 e. The number of carbonyl (C=O) groups excluding carboxylic acids is 3. The molecule has 0 radical (unpaired) electrons. The molecule has 12 heteroatoms. The van der Waals surface area contributed by atoms with Crippen molar-refractivity contribution in [2.45, 2.75) is 30.6 Å². The lowest BCUT2D eigenvalue weighted by Crippen LogP contribution is -2.37. The van der Waals surface area contributed by atoms with Gasteiger partial charge in [0.2, 0.25) is 11.8 Å². The van der Waals surface area contributed by atoms with E-state index < -0.39 is 23.6 Å². The molecule has 1 fully saturated rings. The van der Waals surface area contributed by atoms with Gasteiger partial charge in [0, 0.05) is 24.8 Å². The van der Waals surface area contributed by atoms with Gasteiger partial charge >= 0.3 is 5.97 Å². The summed E-state index contributed by atoms with van der Waals surface area (Å²) in [6, 6.07) is 1.06. The van der Waals surface area contributed by atoms with Crippen molar-refractivity contribution in [3.05, 3.63) is 18.2 Å². The van der Waals surface area contributed by atoms with Crippen molar-refractivity contribution in [2.24, 2.45) is 11.8 Å². The van der Waals surface area contributed by atoms with Gasteiger partial charge in [-0.1, -0.05) is 5.04 Å². The van der Waals surface area contributed by atoms with Gasteiger partial charge in [-0.05, 0) is 31.6 Å². The van der Waals surface area contributed by atoms with Gasteiger partial charge in [0.05, 0.1) is 18.0 Å². The summed E-state index contributed by atoms with van der Waals surface area (Å²) in [5, 5.41) is 31.3. The van der Waals surface area contributed by atoms with Crippen molar-refractivity contribution in [3.8, 4) is 11.8 Å². The van der Waals surface area contributed by atoms with E-state index in [0.29, 0.717) is 49.0 Å². The fourth-order valence-corrected chi connectivity index (χ4v) is 3.68. The van der Waals surface area contributed by atoms with Crippen LogP contribution in [-0.4, -0.2) is 49.4 Å². The Labute approximate surface area is 163 Å². The maximum atomic E-state index is 12.4. The maximum absolute atomic E-state index is 12.4. The third kappa shape index (κ3) is 4.30. The van der Waals surface area contributed by atoms with Crippen LogP contribution in [0.15, 0.2) is 23.1 Å². The van der Waals surface area contributed by atoms with Crippen LogP contribution in [0.2, 0.25) is 0 Å². The summed E-state index contributed by atoms with van der Waals surface area (Å²) in [6.45, 7) is 0.319. The van der Waals surface area contributed by atoms with E-state index in [9.17, 15) is 24.6 Å². The predicted octanol–water partition coefficient (Wildman–Crippen LogP) is 1.01. The summed E-state index contributed by atoms with van der Waals surface area (Å²) in [6.07, 6.45) is 4.71. The molecular formula is C16H18N2O9S. The number of rotatable bonds is 7. The van der Waals surface area contributed by atoms with E-state index in [0.717, 1.165) is 6.07 Å². The first kappa shape index (κ1) is 20.2. The van der Waals surface area contributed by atoms with Crippen LogP contribution in [0.5, 0.6) is 11.8 Å². The number of amides is 2. The van der Waals surface area contributed by atoms with E-state index in [1.54, 1.807) is 0 Å². The topological polar surface area (TPSA) is 148 Å². The average Bonchev–Trinajstić information content (AvgIpc) is 3.14. The minimum atomic E-state index is -0.634. The van der Waals surface area contributed by atoms with Gasteiger partial charge in [-0.3, -0.25) is 14.5 Å². The Morgan fingerprint density at radius 3 is 2.39 bits per heavy atom. The van der Waals surface area contributed by atoms with Crippen LogP contribution in [0, 0.1) is 11.8 Å².